The second kappa shape index (κ2) is 9.92. The predicted octanol–water partition coefficient (Wildman–Crippen LogP) is 6.25. The van der Waals surface area contributed by atoms with Gasteiger partial charge in [0.2, 0.25) is 0 Å². The summed E-state index contributed by atoms with van der Waals surface area (Å²) in [6.45, 7) is 6.43. The molecule has 0 radical (unpaired) electrons. The van der Waals surface area contributed by atoms with Crippen LogP contribution in [0.25, 0.3) is 10.9 Å². The molecule has 0 spiro atoms. The van der Waals surface area contributed by atoms with Crippen LogP contribution < -0.4 is 10.1 Å². The van der Waals surface area contributed by atoms with E-state index in [1.165, 1.54) is 22.2 Å². The number of amides is 1. The molecule has 4 rings (SSSR count). The molecule has 0 aliphatic heterocycles. The van der Waals surface area contributed by atoms with Crippen LogP contribution in [0.1, 0.15) is 28.0 Å². The molecule has 0 aliphatic rings. The molecule has 33 heavy (non-hydrogen) atoms. The predicted molar refractivity (Wildman–Crippen MR) is 135 cm³/mol. The van der Waals surface area contributed by atoms with Crippen LogP contribution in [-0.2, 0) is 6.54 Å². The van der Waals surface area contributed by atoms with Gasteiger partial charge in [-0.3, -0.25) is 4.79 Å². The molecule has 1 N–H and O–H groups in total. The van der Waals surface area contributed by atoms with Gasteiger partial charge in [0.1, 0.15) is 11.5 Å². The Balaban J connectivity index is 1.47. The number of fused-ring (bicyclic) bond motifs is 1. The molecule has 0 saturated heterocycles. The normalized spacial score (nSPS) is 11.2. The maximum absolute atomic E-state index is 12.5. The molecule has 1 amide bonds. The number of rotatable bonds is 8. The largest absolute Gasteiger partial charge is 0.457 e. The van der Waals surface area contributed by atoms with Gasteiger partial charge in [0.05, 0.1) is 0 Å². The summed E-state index contributed by atoms with van der Waals surface area (Å²) in [5.74, 6) is 1.35. The summed E-state index contributed by atoms with van der Waals surface area (Å²) >= 11 is 0. The van der Waals surface area contributed by atoms with Gasteiger partial charge >= 0.3 is 0 Å². The summed E-state index contributed by atoms with van der Waals surface area (Å²) < 4.78 is 8.51. The minimum absolute atomic E-state index is 0.143. The molecule has 1 aromatic heterocycles. The number of nitrogens with one attached hydrogen (secondary N) is 1. The van der Waals surface area contributed by atoms with Gasteiger partial charge in [-0.1, -0.05) is 18.2 Å². The number of aryl methyl sites for hydroxylation is 2. The molecule has 0 unspecified atom stereocenters. The van der Waals surface area contributed by atoms with E-state index in [4.69, 9.17) is 4.74 Å². The van der Waals surface area contributed by atoms with Crippen molar-refractivity contribution in [3.05, 3.63) is 89.6 Å². The van der Waals surface area contributed by atoms with Gasteiger partial charge in [0.15, 0.2) is 0 Å². The third-order valence-corrected chi connectivity index (χ3v) is 5.98. The number of hydrogen-bond acceptors (Lipinski definition) is 3. The summed E-state index contributed by atoms with van der Waals surface area (Å²) in [4.78, 5) is 14.7. The van der Waals surface area contributed by atoms with Crippen molar-refractivity contribution in [1.29, 1.82) is 0 Å². The van der Waals surface area contributed by atoms with Crippen molar-refractivity contribution in [2.45, 2.75) is 26.8 Å². The van der Waals surface area contributed by atoms with Gasteiger partial charge < -0.3 is 19.5 Å². The topological polar surface area (TPSA) is 46.5 Å². The number of aromatic nitrogens is 1. The number of carbonyl (C=O) groups is 1. The zero-order valence-electron chi connectivity index (χ0n) is 19.8. The molecule has 5 nitrogen and oxygen atoms in total. The number of para-hydroxylation sites is 1. The van der Waals surface area contributed by atoms with E-state index in [0.717, 1.165) is 30.9 Å². The van der Waals surface area contributed by atoms with Crippen LogP contribution in [0.3, 0.4) is 0 Å². The van der Waals surface area contributed by atoms with E-state index in [1.807, 2.05) is 48.5 Å². The number of ether oxygens (including phenoxy) is 1. The zero-order valence-corrected chi connectivity index (χ0v) is 19.8. The van der Waals surface area contributed by atoms with Crippen LogP contribution in [0.15, 0.2) is 72.8 Å². The van der Waals surface area contributed by atoms with Gasteiger partial charge in [0.25, 0.3) is 5.91 Å². The first kappa shape index (κ1) is 22.6. The maximum Gasteiger partial charge on any atom is 0.255 e. The second-order valence-electron chi connectivity index (χ2n) is 8.64. The molecule has 3 aromatic carbocycles. The van der Waals surface area contributed by atoms with Crippen LogP contribution in [-0.4, -0.2) is 36.0 Å². The molecule has 5 heteroatoms. The van der Waals surface area contributed by atoms with Crippen LogP contribution in [0.5, 0.6) is 11.5 Å². The van der Waals surface area contributed by atoms with Gasteiger partial charge in [0, 0.05) is 34.4 Å². The maximum atomic E-state index is 12.5. The molecule has 0 atom stereocenters. The van der Waals surface area contributed by atoms with Crippen LogP contribution in [0.2, 0.25) is 0 Å². The Morgan fingerprint density at radius 1 is 0.939 bits per heavy atom. The Bertz CT molecular complexity index is 1240. The highest BCUT2D eigenvalue weighted by Gasteiger charge is 2.12. The van der Waals surface area contributed by atoms with E-state index in [1.54, 1.807) is 12.1 Å². The molecular weight excluding hydrogens is 410 g/mol. The van der Waals surface area contributed by atoms with E-state index >= 15 is 0 Å². The van der Waals surface area contributed by atoms with E-state index in [-0.39, 0.29) is 5.91 Å². The van der Waals surface area contributed by atoms with Crippen molar-refractivity contribution in [1.82, 2.24) is 9.47 Å². The average molecular weight is 442 g/mol. The highest BCUT2D eigenvalue weighted by molar-refractivity contribution is 6.04. The first-order valence-electron chi connectivity index (χ1n) is 11.3. The second-order valence-corrected chi connectivity index (χ2v) is 8.64. The summed E-state index contributed by atoms with van der Waals surface area (Å²) in [6.07, 6.45) is 1.11. The SMILES string of the molecule is Cc1c(C)n(CCCN(C)C)c2ccc(Oc3ccc(C(=O)Nc4ccccc4)cc3)cc12. The summed E-state index contributed by atoms with van der Waals surface area (Å²) in [6, 6.07) is 22.9. The number of hydrogen-bond donors (Lipinski definition) is 1. The first-order chi connectivity index (χ1) is 15.9. The van der Waals surface area contributed by atoms with Gasteiger partial charge in [-0.2, -0.15) is 0 Å². The number of carbonyl (C=O) groups excluding carboxylic acids is 1. The molecule has 0 aliphatic carbocycles. The first-order valence-corrected chi connectivity index (χ1v) is 11.3. The fraction of sp³-hybridized carbons (Fsp3) is 0.250. The standard InChI is InChI=1S/C28H31N3O2/c1-20-21(2)31(18-8-17-30(3)4)27-16-15-25(19-26(20)27)33-24-13-11-22(12-14-24)28(32)29-23-9-6-5-7-10-23/h5-7,9-16,19H,8,17-18H2,1-4H3,(H,29,32). The molecular formula is C28H31N3O2. The summed E-state index contributed by atoms with van der Waals surface area (Å²) in [5.41, 5.74) is 5.19. The molecule has 0 bridgehead atoms. The Morgan fingerprint density at radius 2 is 1.64 bits per heavy atom. The lowest BCUT2D eigenvalue weighted by Crippen LogP contribution is -2.15. The third kappa shape index (κ3) is 5.26. The fourth-order valence-electron chi connectivity index (χ4n) is 4.06. The lowest BCUT2D eigenvalue weighted by atomic mass is 10.1. The van der Waals surface area contributed by atoms with Crippen LogP contribution in [0, 0.1) is 13.8 Å². The number of nitrogens with zero attached hydrogens (tertiary/aromatic N) is 2. The van der Waals surface area contributed by atoms with E-state index in [0.29, 0.717) is 11.3 Å². The molecule has 4 aromatic rings. The monoisotopic (exact) mass is 441 g/mol. The zero-order chi connectivity index (χ0) is 23.4. The van der Waals surface area contributed by atoms with E-state index in [9.17, 15) is 4.79 Å². The quantitative estimate of drug-likeness (QED) is 0.351. The smallest absolute Gasteiger partial charge is 0.255 e. The van der Waals surface area contributed by atoms with Crippen molar-refractivity contribution in [3.8, 4) is 11.5 Å². The van der Waals surface area contributed by atoms with E-state index in [2.05, 4.69) is 54.9 Å². The van der Waals surface area contributed by atoms with Crippen LogP contribution >= 0.6 is 0 Å². The minimum atomic E-state index is -0.143. The van der Waals surface area contributed by atoms with Crippen molar-refractivity contribution >= 4 is 22.5 Å². The Labute approximate surface area is 195 Å². The van der Waals surface area contributed by atoms with E-state index < -0.39 is 0 Å². The molecule has 0 fully saturated rings. The summed E-state index contributed by atoms with van der Waals surface area (Å²) in [7, 11) is 4.22. The molecule has 1 heterocycles. The third-order valence-electron chi connectivity index (χ3n) is 5.98. The molecule has 0 saturated carbocycles. The van der Waals surface area contributed by atoms with Gasteiger partial charge in [-0.25, -0.2) is 0 Å². The lowest BCUT2D eigenvalue weighted by molar-refractivity contribution is 0.102. The van der Waals surface area contributed by atoms with Gasteiger partial charge in [-0.05, 0) is 101 Å². The van der Waals surface area contributed by atoms with Gasteiger partial charge in [-0.15, -0.1) is 0 Å². The highest BCUT2D eigenvalue weighted by atomic mass is 16.5. The Kier molecular flexibility index (Phi) is 6.80. The fourth-order valence-corrected chi connectivity index (χ4v) is 4.06. The lowest BCUT2D eigenvalue weighted by Gasteiger charge is -2.12. The average Bonchev–Trinajstić information content (AvgIpc) is 3.04. The summed E-state index contributed by atoms with van der Waals surface area (Å²) in [5, 5.41) is 4.11. The van der Waals surface area contributed by atoms with Crippen molar-refractivity contribution < 1.29 is 9.53 Å². The number of anilines is 1. The van der Waals surface area contributed by atoms with Crippen molar-refractivity contribution in [2.75, 3.05) is 26.0 Å². The van der Waals surface area contributed by atoms with Crippen molar-refractivity contribution in [3.63, 3.8) is 0 Å². The number of benzene rings is 3. The van der Waals surface area contributed by atoms with Crippen LogP contribution in [0.4, 0.5) is 5.69 Å². The van der Waals surface area contributed by atoms with Crippen molar-refractivity contribution in [2.24, 2.45) is 0 Å². The Hall–Kier alpha value is -3.57. The minimum Gasteiger partial charge on any atom is -0.457 e. The highest BCUT2D eigenvalue weighted by Crippen LogP contribution is 2.31. The Morgan fingerprint density at radius 3 is 2.33 bits per heavy atom. The molecule has 170 valence electrons.